The molecule has 25 heavy (non-hydrogen) atoms. The van der Waals surface area contributed by atoms with E-state index >= 15 is 0 Å². The van der Waals surface area contributed by atoms with Gasteiger partial charge >= 0.3 is 5.97 Å². The van der Waals surface area contributed by atoms with E-state index in [1.165, 1.54) is 0 Å². The Kier molecular flexibility index (Phi) is 5.45. The molecule has 1 aliphatic heterocycles. The quantitative estimate of drug-likeness (QED) is 0.807. The second-order valence-corrected chi connectivity index (χ2v) is 5.84. The lowest BCUT2D eigenvalue weighted by Crippen LogP contribution is -2.34. The lowest BCUT2D eigenvalue weighted by atomic mass is 10.1. The number of nitrogens with one attached hydrogen (secondary N) is 1. The van der Waals surface area contributed by atoms with Gasteiger partial charge in [-0.1, -0.05) is 35.5 Å². The van der Waals surface area contributed by atoms with Crippen LogP contribution in [0.3, 0.4) is 0 Å². The zero-order valence-electron chi connectivity index (χ0n) is 14.0. The highest BCUT2D eigenvalue weighted by atomic mass is 16.5. The predicted molar refractivity (Wildman–Crippen MR) is 88.9 cm³/mol. The van der Waals surface area contributed by atoms with Crippen molar-refractivity contribution in [2.24, 2.45) is 0 Å². The molecule has 1 aliphatic rings. The number of nitrogens with zero attached hydrogens (tertiary/aromatic N) is 1. The van der Waals surface area contributed by atoms with Gasteiger partial charge in [0.15, 0.2) is 6.61 Å². The molecule has 0 spiro atoms. The molecule has 2 heterocycles. The number of amides is 1. The Balaban J connectivity index is 1.58. The molecule has 0 aliphatic carbocycles. The normalized spacial score (nSPS) is 16.6. The third kappa shape index (κ3) is 4.24. The smallest absolute Gasteiger partial charge is 0.344 e. The van der Waals surface area contributed by atoms with E-state index in [-0.39, 0.29) is 24.2 Å². The van der Waals surface area contributed by atoms with Crippen LogP contribution in [0.5, 0.6) is 0 Å². The Labute approximate surface area is 145 Å². The van der Waals surface area contributed by atoms with E-state index in [0.29, 0.717) is 18.0 Å². The number of esters is 1. The number of ether oxygens (including phenoxy) is 2. The minimum absolute atomic E-state index is 0.0460. The average Bonchev–Trinajstić information content (AvgIpc) is 3.28. The van der Waals surface area contributed by atoms with E-state index in [1.54, 1.807) is 6.92 Å². The summed E-state index contributed by atoms with van der Waals surface area (Å²) in [5.74, 6) is -0.646. The number of carbonyl (C=O) groups excluding carboxylic acids is 2. The van der Waals surface area contributed by atoms with Gasteiger partial charge in [-0.3, -0.25) is 4.79 Å². The monoisotopic (exact) mass is 344 g/mol. The van der Waals surface area contributed by atoms with Gasteiger partial charge in [-0.15, -0.1) is 0 Å². The van der Waals surface area contributed by atoms with Crippen LogP contribution >= 0.6 is 0 Å². The topological polar surface area (TPSA) is 90.7 Å². The van der Waals surface area contributed by atoms with Crippen LogP contribution in [-0.2, 0) is 14.3 Å². The minimum Gasteiger partial charge on any atom is -0.452 e. The van der Waals surface area contributed by atoms with Gasteiger partial charge in [-0.2, -0.15) is 0 Å². The number of hydrogen-bond acceptors (Lipinski definition) is 6. The van der Waals surface area contributed by atoms with Gasteiger partial charge in [-0.05, 0) is 19.8 Å². The minimum atomic E-state index is -0.634. The Bertz CT molecular complexity index is 735. The van der Waals surface area contributed by atoms with Crippen molar-refractivity contribution in [1.29, 1.82) is 0 Å². The molecule has 3 rings (SSSR count). The first kappa shape index (κ1) is 17.2. The Hall–Kier alpha value is -2.67. The summed E-state index contributed by atoms with van der Waals surface area (Å²) in [5, 5.41) is 6.64. The first-order valence-corrected chi connectivity index (χ1v) is 8.22. The molecule has 7 heteroatoms. The van der Waals surface area contributed by atoms with Gasteiger partial charge < -0.3 is 19.3 Å². The summed E-state index contributed by atoms with van der Waals surface area (Å²) in [5.41, 5.74) is 1.38. The molecule has 0 unspecified atom stereocenters. The lowest BCUT2D eigenvalue weighted by Gasteiger charge is -2.11. The summed E-state index contributed by atoms with van der Waals surface area (Å²) < 4.78 is 15.7. The summed E-state index contributed by atoms with van der Waals surface area (Å²) in [7, 11) is 0. The van der Waals surface area contributed by atoms with Crippen molar-refractivity contribution in [3.05, 3.63) is 41.7 Å². The fourth-order valence-corrected chi connectivity index (χ4v) is 2.69. The second kappa shape index (κ2) is 7.94. The van der Waals surface area contributed by atoms with Gasteiger partial charge in [0.25, 0.3) is 5.91 Å². The van der Waals surface area contributed by atoms with Gasteiger partial charge in [0.1, 0.15) is 17.0 Å². The summed E-state index contributed by atoms with van der Waals surface area (Å²) in [6.45, 7) is 2.43. The second-order valence-electron chi connectivity index (χ2n) is 5.84. The van der Waals surface area contributed by atoms with Crippen LogP contribution < -0.4 is 5.32 Å². The van der Waals surface area contributed by atoms with Gasteiger partial charge in [0, 0.05) is 18.7 Å². The SMILES string of the molecule is Cc1onc(-c2ccccc2)c1C(=O)OCC(=O)NC[C@H]1CCCO1. The molecule has 0 radical (unpaired) electrons. The molecule has 132 valence electrons. The fourth-order valence-electron chi connectivity index (χ4n) is 2.69. The molecule has 1 amide bonds. The highest BCUT2D eigenvalue weighted by molar-refractivity contribution is 5.98. The third-order valence-electron chi connectivity index (χ3n) is 4.00. The number of aromatic nitrogens is 1. The highest BCUT2D eigenvalue weighted by Gasteiger charge is 2.24. The van der Waals surface area contributed by atoms with E-state index < -0.39 is 5.97 Å². The molecule has 0 saturated carbocycles. The number of benzene rings is 1. The first-order valence-electron chi connectivity index (χ1n) is 8.22. The standard InChI is InChI=1S/C18H20N2O5/c1-12-16(17(20-25-12)13-6-3-2-4-7-13)18(22)24-11-15(21)19-10-14-8-5-9-23-14/h2-4,6-7,14H,5,8-11H2,1H3,(H,19,21)/t14-/m1/s1. The van der Waals surface area contributed by atoms with Crippen LogP contribution in [0.25, 0.3) is 11.3 Å². The molecule has 1 fully saturated rings. The molecule has 2 aromatic rings. The molecule has 1 saturated heterocycles. The Morgan fingerprint density at radius 3 is 2.84 bits per heavy atom. The molecule has 1 aromatic carbocycles. The summed E-state index contributed by atoms with van der Waals surface area (Å²) >= 11 is 0. The zero-order valence-corrected chi connectivity index (χ0v) is 14.0. The number of hydrogen-bond donors (Lipinski definition) is 1. The maximum atomic E-state index is 12.4. The predicted octanol–water partition coefficient (Wildman–Crippen LogP) is 2.10. The van der Waals surface area contributed by atoms with Gasteiger partial charge in [-0.25, -0.2) is 4.79 Å². The fraction of sp³-hybridized carbons (Fsp3) is 0.389. The maximum Gasteiger partial charge on any atom is 0.344 e. The molecule has 1 N–H and O–H groups in total. The average molecular weight is 344 g/mol. The van der Waals surface area contributed by atoms with Crippen LogP contribution in [0.4, 0.5) is 0 Å². The van der Waals surface area contributed by atoms with E-state index in [2.05, 4.69) is 10.5 Å². The van der Waals surface area contributed by atoms with Crippen molar-refractivity contribution in [2.75, 3.05) is 19.8 Å². The van der Waals surface area contributed by atoms with Crippen molar-refractivity contribution in [3.8, 4) is 11.3 Å². The van der Waals surface area contributed by atoms with Crippen molar-refractivity contribution in [1.82, 2.24) is 10.5 Å². The van der Waals surface area contributed by atoms with E-state index in [1.807, 2.05) is 30.3 Å². The largest absolute Gasteiger partial charge is 0.452 e. The van der Waals surface area contributed by atoms with Crippen LogP contribution in [-0.4, -0.2) is 42.9 Å². The third-order valence-corrected chi connectivity index (χ3v) is 4.00. The zero-order chi connectivity index (χ0) is 17.6. The molecular formula is C18H20N2O5. The number of carbonyl (C=O) groups is 2. The molecular weight excluding hydrogens is 324 g/mol. The van der Waals surface area contributed by atoms with Crippen molar-refractivity contribution >= 4 is 11.9 Å². The van der Waals surface area contributed by atoms with E-state index in [9.17, 15) is 9.59 Å². The van der Waals surface area contributed by atoms with Crippen LogP contribution in [0.1, 0.15) is 29.0 Å². The van der Waals surface area contributed by atoms with E-state index in [0.717, 1.165) is 25.0 Å². The Morgan fingerprint density at radius 1 is 1.32 bits per heavy atom. The summed E-state index contributed by atoms with van der Waals surface area (Å²) in [4.78, 5) is 24.2. The maximum absolute atomic E-state index is 12.4. The van der Waals surface area contributed by atoms with E-state index in [4.69, 9.17) is 14.0 Å². The van der Waals surface area contributed by atoms with Crippen molar-refractivity contribution in [2.45, 2.75) is 25.9 Å². The highest BCUT2D eigenvalue weighted by Crippen LogP contribution is 2.25. The van der Waals surface area contributed by atoms with Gasteiger partial charge in [0.2, 0.25) is 0 Å². The number of rotatable bonds is 6. The van der Waals surface area contributed by atoms with Gasteiger partial charge in [0.05, 0.1) is 6.10 Å². The molecule has 1 atom stereocenters. The molecule has 7 nitrogen and oxygen atoms in total. The van der Waals surface area contributed by atoms with Crippen LogP contribution in [0.2, 0.25) is 0 Å². The van der Waals surface area contributed by atoms with Crippen molar-refractivity contribution in [3.63, 3.8) is 0 Å². The van der Waals surface area contributed by atoms with Crippen LogP contribution in [0.15, 0.2) is 34.9 Å². The van der Waals surface area contributed by atoms with Crippen molar-refractivity contribution < 1.29 is 23.6 Å². The summed E-state index contributed by atoms with van der Waals surface area (Å²) in [6, 6.07) is 9.19. The Morgan fingerprint density at radius 2 is 2.12 bits per heavy atom. The summed E-state index contributed by atoms with van der Waals surface area (Å²) in [6.07, 6.45) is 1.98. The van der Waals surface area contributed by atoms with Crippen LogP contribution in [0, 0.1) is 6.92 Å². The molecule has 1 aromatic heterocycles. The first-order chi connectivity index (χ1) is 12.1. The molecule has 0 bridgehead atoms. The lowest BCUT2D eigenvalue weighted by molar-refractivity contribution is -0.124. The number of aryl methyl sites for hydroxylation is 1.